The van der Waals surface area contributed by atoms with Crippen molar-refractivity contribution in [1.29, 1.82) is 0 Å². The molecule has 0 fully saturated rings. The standard InChI is InChI=1S/C12H19N5O2S/c1-20-6-12(4-18,5-19)17-3-8-2-14-10-9(8)15-7-16-11(10)13/h2,7,14,17-19H,3-6H2,1H3,(H2,13,15,16). The Balaban J connectivity index is 2.18. The number of fused-ring (bicyclic) bond motifs is 1. The fraction of sp³-hybridized carbons (Fsp3) is 0.500. The first-order chi connectivity index (χ1) is 9.65. The molecule has 0 saturated carbocycles. The maximum absolute atomic E-state index is 9.50. The Labute approximate surface area is 121 Å². The molecule has 2 rings (SSSR count). The Morgan fingerprint density at radius 2 is 2.15 bits per heavy atom. The van der Waals surface area contributed by atoms with Crippen molar-refractivity contribution in [3.63, 3.8) is 0 Å². The molecule has 0 aliphatic carbocycles. The van der Waals surface area contributed by atoms with E-state index in [1.165, 1.54) is 6.33 Å². The van der Waals surface area contributed by atoms with E-state index in [1.54, 1.807) is 18.0 Å². The maximum Gasteiger partial charge on any atom is 0.151 e. The van der Waals surface area contributed by atoms with Crippen molar-refractivity contribution < 1.29 is 10.2 Å². The number of anilines is 1. The molecule has 7 nitrogen and oxygen atoms in total. The minimum absolute atomic E-state index is 0.135. The third-order valence-electron chi connectivity index (χ3n) is 3.25. The molecule has 0 amide bonds. The van der Waals surface area contributed by atoms with Crippen LogP contribution in [0.3, 0.4) is 0 Å². The Hall–Kier alpha value is -1.35. The van der Waals surface area contributed by atoms with Crippen molar-refractivity contribution in [3.8, 4) is 0 Å². The van der Waals surface area contributed by atoms with Crippen LogP contribution in [0.1, 0.15) is 5.56 Å². The van der Waals surface area contributed by atoms with Crippen molar-refractivity contribution in [1.82, 2.24) is 20.3 Å². The number of aromatic amines is 1. The molecule has 110 valence electrons. The topological polar surface area (TPSA) is 120 Å². The normalized spacial score (nSPS) is 12.2. The molecule has 0 spiro atoms. The van der Waals surface area contributed by atoms with Gasteiger partial charge in [0.25, 0.3) is 0 Å². The molecule has 2 aromatic rings. The van der Waals surface area contributed by atoms with Crippen LogP contribution >= 0.6 is 11.8 Å². The number of aliphatic hydroxyl groups excluding tert-OH is 2. The number of aromatic nitrogens is 3. The summed E-state index contributed by atoms with van der Waals surface area (Å²) < 4.78 is 0. The molecule has 0 bridgehead atoms. The summed E-state index contributed by atoms with van der Waals surface area (Å²) in [5, 5.41) is 22.2. The van der Waals surface area contributed by atoms with Gasteiger partial charge in [-0.3, -0.25) is 0 Å². The number of nitrogens with one attached hydrogen (secondary N) is 2. The Morgan fingerprint density at radius 3 is 2.80 bits per heavy atom. The fourth-order valence-corrected chi connectivity index (χ4v) is 2.85. The number of thioether (sulfide) groups is 1. The van der Waals surface area contributed by atoms with E-state index in [2.05, 4.69) is 20.3 Å². The van der Waals surface area contributed by atoms with E-state index in [0.717, 1.165) is 11.1 Å². The van der Waals surface area contributed by atoms with Crippen molar-refractivity contribution in [2.24, 2.45) is 0 Å². The van der Waals surface area contributed by atoms with Crippen LogP contribution < -0.4 is 11.1 Å². The lowest BCUT2D eigenvalue weighted by atomic mass is 10.0. The number of nitrogens with two attached hydrogens (primary N) is 1. The molecule has 0 aliphatic heterocycles. The molecule has 0 aliphatic rings. The van der Waals surface area contributed by atoms with Gasteiger partial charge in [-0.2, -0.15) is 11.8 Å². The molecule has 0 radical (unpaired) electrons. The van der Waals surface area contributed by atoms with Gasteiger partial charge in [0.05, 0.1) is 24.3 Å². The summed E-state index contributed by atoms with van der Waals surface area (Å²) in [6, 6.07) is 0. The number of rotatable bonds is 7. The van der Waals surface area contributed by atoms with Crippen LogP contribution in [0.5, 0.6) is 0 Å². The molecule has 0 unspecified atom stereocenters. The van der Waals surface area contributed by atoms with E-state index in [0.29, 0.717) is 23.6 Å². The van der Waals surface area contributed by atoms with Crippen LogP contribution in [-0.4, -0.2) is 55.9 Å². The first-order valence-corrected chi connectivity index (χ1v) is 7.57. The Kier molecular flexibility index (Phi) is 4.81. The van der Waals surface area contributed by atoms with Crippen LogP contribution in [0.4, 0.5) is 5.82 Å². The molecule has 20 heavy (non-hydrogen) atoms. The number of nitrogens with zero attached hydrogens (tertiary/aromatic N) is 2. The summed E-state index contributed by atoms with van der Waals surface area (Å²) in [6.07, 6.45) is 5.16. The molecular weight excluding hydrogens is 278 g/mol. The van der Waals surface area contributed by atoms with E-state index in [4.69, 9.17) is 5.73 Å². The minimum Gasteiger partial charge on any atom is -0.394 e. The Morgan fingerprint density at radius 1 is 1.40 bits per heavy atom. The second-order valence-corrected chi connectivity index (χ2v) is 5.55. The summed E-state index contributed by atoms with van der Waals surface area (Å²) in [5.41, 5.74) is 7.43. The van der Waals surface area contributed by atoms with Crippen LogP contribution in [-0.2, 0) is 6.54 Å². The molecule has 8 heteroatoms. The number of hydrogen-bond donors (Lipinski definition) is 5. The van der Waals surface area contributed by atoms with Gasteiger partial charge in [0.1, 0.15) is 11.8 Å². The Bertz CT molecular complexity index is 570. The predicted molar refractivity (Wildman–Crippen MR) is 80.4 cm³/mol. The van der Waals surface area contributed by atoms with Gasteiger partial charge < -0.3 is 26.2 Å². The molecule has 2 heterocycles. The number of hydrogen-bond acceptors (Lipinski definition) is 7. The zero-order valence-corrected chi connectivity index (χ0v) is 12.1. The number of aliphatic hydroxyl groups is 2. The van der Waals surface area contributed by atoms with E-state index in [1.807, 2.05) is 6.26 Å². The zero-order chi connectivity index (χ0) is 14.6. The molecule has 0 atom stereocenters. The lowest BCUT2D eigenvalue weighted by Crippen LogP contribution is -2.53. The first-order valence-electron chi connectivity index (χ1n) is 6.18. The molecular formula is C12H19N5O2S. The summed E-state index contributed by atoms with van der Waals surface area (Å²) >= 11 is 1.57. The predicted octanol–water partition coefficient (Wildman–Crippen LogP) is -0.284. The zero-order valence-electron chi connectivity index (χ0n) is 11.3. The van der Waals surface area contributed by atoms with Crippen molar-refractivity contribution in [3.05, 3.63) is 18.1 Å². The van der Waals surface area contributed by atoms with E-state index in [9.17, 15) is 10.2 Å². The summed E-state index contributed by atoms with van der Waals surface area (Å²) in [6.45, 7) is 0.200. The molecule has 0 aromatic carbocycles. The quantitative estimate of drug-likeness (QED) is 0.476. The van der Waals surface area contributed by atoms with Gasteiger partial charge in [-0.05, 0) is 6.26 Å². The molecule has 2 aromatic heterocycles. The lowest BCUT2D eigenvalue weighted by molar-refractivity contribution is 0.106. The minimum atomic E-state index is -0.707. The highest BCUT2D eigenvalue weighted by molar-refractivity contribution is 7.98. The highest BCUT2D eigenvalue weighted by atomic mass is 32.2. The average molecular weight is 297 g/mol. The molecule has 6 N–H and O–H groups in total. The van der Waals surface area contributed by atoms with Crippen LogP contribution in [0.2, 0.25) is 0 Å². The second kappa shape index (κ2) is 6.40. The van der Waals surface area contributed by atoms with Gasteiger partial charge in [0, 0.05) is 24.1 Å². The third kappa shape index (κ3) is 2.88. The van der Waals surface area contributed by atoms with E-state index < -0.39 is 5.54 Å². The first kappa shape index (κ1) is 15.0. The number of nitrogen functional groups attached to an aromatic ring is 1. The van der Waals surface area contributed by atoms with Crippen molar-refractivity contribution in [2.45, 2.75) is 12.1 Å². The number of H-pyrrole nitrogens is 1. The van der Waals surface area contributed by atoms with Crippen LogP contribution in [0.25, 0.3) is 11.0 Å². The average Bonchev–Trinajstić information content (AvgIpc) is 2.88. The highest BCUT2D eigenvalue weighted by Gasteiger charge is 2.27. The monoisotopic (exact) mass is 297 g/mol. The molecule has 0 saturated heterocycles. The highest BCUT2D eigenvalue weighted by Crippen LogP contribution is 2.20. The lowest BCUT2D eigenvalue weighted by Gasteiger charge is -2.30. The van der Waals surface area contributed by atoms with E-state index >= 15 is 0 Å². The van der Waals surface area contributed by atoms with Crippen LogP contribution in [0, 0.1) is 0 Å². The second-order valence-electron chi connectivity index (χ2n) is 4.68. The summed E-state index contributed by atoms with van der Waals surface area (Å²) in [4.78, 5) is 11.2. The third-order valence-corrected chi connectivity index (χ3v) is 4.09. The summed E-state index contributed by atoms with van der Waals surface area (Å²) in [5.74, 6) is 1.01. The van der Waals surface area contributed by atoms with Gasteiger partial charge in [-0.15, -0.1) is 0 Å². The van der Waals surface area contributed by atoms with Crippen molar-refractivity contribution >= 4 is 28.6 Å². The smallest absolute Gasteiger partial charge is 0.151 e. The SMILES string of the molecule is CSCC(CO)(CO)NCc1c[nH]c2c(N)ncnc12. The maximum atomic E-state index is 9.50. The van der Waals surface area contributed by atoms with Gasteiger partial charge >= 0.3 is 0 Å². The largest absolute Gasteiger partial charge is 0.394 e. The summed E-state index contributed by atoms with van der Waals surface area (Å²) in [7, 11) is 0. The van der Waals surface area contributed by atoms with E-state index in [-0.39, 0.29) is 13.2 Å². The van der Waals surface area contributed by atoms with Gasteiger partial charge in [0.2, 0.25) is 0 Å². The van der Waals surface area contributed by atoms with Gasteiger partial charge in [-0.25, -0.2) is 9.97 Å². The fourth-order valence-electron chi connectivity index (χ4n) is 2.01. The van der Waals surface area contributed by atoms with Crippen LogP contribution in [0.15, 0.2) is 12.5 Å². The van der Waals surface area contributed by atoms with Crippen molar-refractivity contribution in [2.75, 3.05) is 31.0 Å². The van der Waals surface area contributed by atoms with Gasteiger partial charge in [0.15, 0.2) is 5.82 Å². The van der Waals surface area contributed by atoms with Gasteiger partial charge in [-0.1, -0.05) is 0 Å².